The zero-order chi connectivity index (χ0) is 12.0. The third kappa shape index (κ3) is 3.23. The van der Waals surface area contributed by atoms with E-state index in [2.05, 4.69) is 0 Å². The molecular formula is C14H18O2. The van der Waals surface area contributed by atoms with Gasteiger partial charge in [0.2, 0.25) is 0 Å². The van der Waals surface area contributed by atoms with Gasteiger partial charge in [-0.15, -0.1) is 0 Å². The Balaban J connectivity index is 2.96. The fourth-order valence-corrected chi connectivity index (χ4v) is 1.49. The number of para-hydroxylation sites is 1. The van der Waals surface area contributed by atoms with Gasteiger partial charge in [0.15, 0.2) is 0 Å². The predicted octanol–water partition coefficient (Wildman–Crippen LogP) is 3.73. The first-order chi connectivity index (χ1) is 7.69. The monoisotopic (exact) mass is 218 g/mol. The summed E-state index contributed by atoms with van der Waals surface area (Å²) >= 11 is 0. The van der Waals surface area contributed by atoms with Gasteiger partial charge in [0.25, 0.3) is 0 Å². The largest absolute Gasteiger partial charge is 0.426 e. The van der Waals surface area contributed by atoms with Crippen molar-refractivity contribution in [1.82, 2.24) is 0 Å². The highest BCUT2D eigenvalue weighted by Crippen LogP contribution is 2.25. The second-order valence-corrected chi connectivity index (χ2v) is 3.72. The number of esters is 1. The Morgan fingerprint density at radius 1 is 1.44 bits per heavy atom. The Kier molecular flexibility index (Phi) is 4.77. The van der Waals surface area contributed by atoms with Crippen LogP contribution in [0, 0.1) is 6.92 Å². The molecule has 1 aromatic carbocycles. The molecule has 86 valence electrons. The summed E-state index contributed by atoms with van der Waals surface area (Å²) in [5.74, 6) is 0.515. The van der Waals surface area contributed by atoms with Crippen molar-refractivity contribution in [1.29, 1.82) is 0 Å². The van der Waals surface area contributed by atoms with Gasteiger partial charge in [-0.25, -0.2) is 0 Å². The third-order valence-corrected chi connectivity index (χ3v) is 2.26. The molecule has 0 heterocycles. The van der Waals surface area contributed by atoms with Crippen molar-refractivity contribution < 1.29 is 9.53 Å². The molecule has 0 amide bonds. The van der Waals surface area contributed by atoms with Gasteiger partial charge in [-0.3, -0.25) is 4.79 Å². The van der Waals surface area contributed by atoms with Crippen molar-refractivity contribution in [2.45, 2.75) is 33.6 Å². The highest BCUT2D eigenvalue weighted by atomic mass is 16.5. The number of allylic oxidation sites excluding steroid dienone is 1. The van der Waals surface area contributed by atoms with E-state index in [1.165, 1.54) is 0 Å². The molecule has 0 saturated heterocycles. The number of benzene rings is 1. The molecule has 16 heavy (non-hydrogen) atoms. The number of hydrogen-bond donors (Lipinski definition) is 0. The van der Waals surface area contributed by atoms with Crippen LogP contribution in [0.1, 0.15) is 37.8 Å². The van der Waals surface area contributed by atoms with Crippen LogP contribution in [0.3, 0.4) is 0 Å². The first-order valence-corrected chi connectivity index (χ1v) is 5.62. The van der Waals surface area contributed by atoms with Crippen LogP contribution in [0.5, 0.6) is 5.75 Å². The number of carbonyl (C=O) groups excluding carboxylic acids is 1. The van der Waals surface area contributed by atoms with E-state index in [4.69, 9.17) is 4.74 Å². The lowest BCUT2D eigenvalue weighted by Gasteiger charge is -2.10. The molecule has 2 nitrogen and oxygen atoms in total. The smallest absolute Gasteiger partial charge is 0.311 e. The molecule has 0 aliphatic heterocycles. The summed E-state index contributed by atoms with van der Waals surface area (Å²) in [5, 5.41) is 0. The van der Waals surface area contributed by atoms with Gasteiger partial charge in [-0.2, -0.15) is 0 Å². The SMILES string of the molecule is CC=Cc1cccc(C)c1OC(=O)CCC. The quantitative estimate of drug-likeness (QED) is 0.568. The van der Waals surface area contributed by atoms with Crippen LogP contribution in [0.15, 0.2) is 24.3 Å². The lowest BCUT2D eigenvalue weighted by molar-refractivity contribution is -0.134. The highest BCUT2D eigenvalue weighted by molar-refractivity contribution is 5.75. The minimum Gasteiger partial charge on any atom is -0.426 e. The van der Waals surface area contributed by atoms with E-state index in [1.807, 2.05) is 51.1 Å². The summed E-state index contributed by atoms with van der Waals surface area (Å²) in [7, 11) is 0. The predicted molar refractivity (Wildman–Crippen MR) is 66.4 cm³/mol. The van der Waals surface area contributed by atoms with Gasteiger partial charge in [-0.1, -0.05) is 37.3 Å². The van der Waals surface area contributed by atoms with E-state index in [-0.39, 0.29) is 5.97 Å². The topological polar surface area (TPSA) is 26.3 Å². The Labute approximate surface area is 96.9 Å². The number of rotatable bonds is 4. The lowest BCUT2D eigenvalue weighted by Crippen LogP contribution is -2.08. The van der Waals surface area contributed by atoms with Crippen molar-refractivity contribution in [3.8, 4) is 5.75 Å². The average Bonchev–Trinajstić information content (AvgIpc) is 2.24. The van der Waals surface area contributed by atoms with E-state index < -0.39 is 0 Å². The third-order valence-electron chi connectivity index (χ3n) is 2.26. The van der Waals surface area contributed by atoms with Crippen molar-refractivity contribution in [2.75, 3.05) is 0 Å². The first kappa shape index (κ1) is 12.5. The zero-order valence-electron chi connectivity index (χ0n) is 10.1. The molecule has 2 heteroatoms. The summed E-state index contributed by atoms with van der Waals surface area (Å²) in [6.45, 7) is 5.85. The molecule has 0 saturated carbocycles. The molecule has 1 aromatic rings. The zero-order valence-corrected chi connectivity index (χ0v) is 10.1. The fraction of sp³-hybridized carbons (Fsp3) is 0.357. The molecular weight excluding hydrogens is 200 g/mol. The number of ether oxygens (including phenoxy) is 1. The molecule has 0 N–H and O–H groups in total. The summed E-state index contributed by atoms with van der Waals surface area (Å²) in [6.07, 6.45) is 5.15. The molecule has 0 unspecified atom stereocenters. The Morgan fingerprint density at radius 3 is 2.81 bits per heavy atom. The maximum Gasteiger partial charge on any atom is 0.311 e. The second-order valence-electron chi connectivity index (χ2n) is 3.72. The van der Waals surface area contributed by atoms with Gasteiger partial charge >= 0.3 is 5.97 Å². The van der Waals surface area contributed by atoms with Gasteiger partial charge in [-0.05, 0) is 25.8 Å². The maximum absolute atomic E-state index is 11.5. The Bertz CT molecular complexity index is 392. The van der Waals surface area contributed by atoms with Crippen LogP contribution >= 0.6 is 0 Å². The Hall–Kier alpha value is -1.57. The Morgan fingerprint density at radius 2 is 2.19 bits per heavy atom. The van der Waals surface area contributed by atoms with Gasteiger partial charge in [0.1, 0.15) is 5.75 Å². The minimum atomic E-state index is -0.164. The molecule has 0 bridgehead atoms. The maximum atomic E-state index is 11.5. The van der Waals surface area contributed by atoms with Crippen LogP contribution in [0.4, 0.5) is 0 Å². The summed E-state index contributed by atoms with van der Waals surface area (Å²) in [5.41, 5.74) is 1.94. The van der Waals surface area contributed by atoms with E-state index in [0.29, 0.717) is 12.2 Å². The van der Waals surface area contributed by atoms with E-state index >= 15 is 0 Å². The van der Waals surface area contributed by atoms with E-state index in [9.17, 15) is 4.79 Å². The lowest BCUT2D eigenvalue weighted by atomic mass is 10.1. The van der Waals surface area contributed by atoms with Crippen LogP contribution in [0.25, 0.3) is 6.08 Å². The fourth-order valence-electron chi connectivity index (χ4n) is 1.49. The molecule has 0 radical (unpaired) electrons. The minimum absolute atomic E-state index is 0.164. The molecule has 1 rings (SSSR count). The van der Waals surface area contributed by atoms with Crippen LogP contribution in [-0.2, 0) is 4.79 Å². The van der Waals surface area contributed by atoms with E-state index in [0.717, 1.165) is 17.5 Å². The summed E-state index contributed by atoms with van der Waals surface area (Å²) < 4.78 is 5.38. The highest BCUT2D eigenvalue weighted by Gasteiger charge is 2.09. The van der Waals surface area contributed by atoms with E-state index in [1.54, 1.807) is 0 Å². The average molecular weight is 218 g/mol. The standard InChI is InChI=1S/C14H18O2/c1-4-7-12-10-6-9-11(3)14(12)16-13(15)8-5-2/h4,6-7,9-10H,5,8H2,1-3H3. The van der Waals surface area contributed by atoms with Crippen molar-refractivity contribution in [3.63, 3.8) is 0 Å². The molecule has 0 fully saturated rings. The molecule has 0 atom stereocenters. The molecule has 0 aromatic heterocycles. The summed E-state index contributed by atoms with van der Waals surface area (Å²) in [4.78, 5) is 11.5. The normalized spacial score (nSPS) is 10.7. The molecule has 0 spiro atoms. The second kappa shape index (κ2) is 6.11. The van der Waals surface area contributed by atoms with Crippen LogP contribution < -0.4 is 4.74 Å². The van der Waals surface area contributed by atoms with Crippen molar-refractivity contribution in [2.24, 2.45) is 0 Å². The van der Waals surface area contributed by atoms with Gasteiger partial charge < -0.3 is 4.74 Å². The first-order valence-electron chi connectivity index (χ1n) is 5.62. The summed E-state index contributed by atoms with van der Waals surface area (Å²) in [6, 6.07) is 5.85. The van der Waals surface area contributed by atoms with Crippen LogP contribution in [-0.4, -0.2) is 5.97 Å². The molecule has 0 aliphatic rings. The van der Waals surface area contributed by atoms with Gasteiger partial charge in [0, 0.05) is 12.0 Å². The molecule has 0 aliphatic carbocycles. The van der Waals surface area contributed by atoms with Crippen LogP contribution in [0.2, 0.25) is 0 Å². The number of carbonyl (C=O) groups is 1. The van der Waals surface area contributed by atoms with Crippen molar-refractivity contribution >= 4 is 12.0 Å². The number of aryl methyl sites for hydroxylation is 1. The number of hydrogen-bond acceptors (Lipinski definition) is 2. The van der Waals surface area contributed by atoms with Gasteiger partial charge in [0.05, 0.1) is 0 Å². The van der Waals surface area contributed by atoms with Crippen molar-refractivity contribution in [3.05, 3.63) is 35.4 Å².